The average molecular weight is 759 g/mol. The lowest BCUT2D eigenvalue weighted by Gasteiger charge is -2.14. The summed E-state index contributed by atoms with van der Waals surface area (Å²) in [5.41, 5.74) is 4.75. The summed E-state index contributed by atoms with van der Waals surface area (Å²) in [5.74, 6) is -0.590. The van der Waals surface area contributed by atoms with E-state index in [9.17, 15) is 14.4 Å². The van der Waals surface area contributed by atoms with Crippen LogP contribution in [0.4, 0.5) is 4.79 Å². The molecule has 0 saturated heterocycles. The number of ether oxygens (including phenoxy) is 10. The summed E-state index contributed by atoms with van der Waals surface area (Å²) >= 11 is 0. The lowest BCUT2D eigenvalue weighted by molar-refractivity contribution is -0.137. The zero-order chi connectivity index (χ0) is 37.9. The second kappa shape index (κ2) is 26.9. The number of nitrogens with zero attached hydrogens (tertiary/aromatic N) is 1. The van der Waals surface area contributed by atoms with Crippen LogP contribution in [0, 0.1) is 0 Å². The predicted octanol–water partition coefficient (Wildman–Crippen LogP) is 2.60. The van der Waals surface area contributed by atoms with Crippen LogP contribution < -0.4 is 5.32 Å². The van der Waals surface area contributed by atoms with E-state index in [1.165, 1.54) is 34.4 Å². The summed E-state index contributed by atoms with van der Waals surface area (Å²) in [6, 6.07) is 16.5. The van der Waals surface area contributed by atoms with E-state index in [1.54, 1.807) is 0 Å². The van der Waals surface area contributed by atoms with Gasteiger partial charge in [0.05, 0.1) is 125 Å². The Bertz CT molecular complexity index is 1340. The summed E-state index contributed by atoms with van der Waals surface area (Å²) in [6.07, 6.45) is 2.05. The lowest BCUT2D eigenvalue weighted by Crippen LogP contribution is -2.33. The fourth-order valence-electron chi connectivity index (χ4n) is 5.54. The molecule has 2 aromatic carbocycles. The number of hydrogen-bond donors (Lipinski definition) is 1. The number of nitrogens with one attached hydrogen (secondary N) is 1. The summed E-state index contributed by atoms with van der Waals surface area (Å²) in [4.78, 5) is 36.2. The van der Waals surface area contributed by atoms with E-state index in [2.05, 4.69) is 29.6 Å². The van der Waals surface area contributed by atoms with Crippen LogP contribution in [0.3, 0.4) is 0 Å². The minimum atomic E-state index is -0.459. The molecule has 15 heteroatoms. The molecule has 0 saturated carbocycles. The number of fused-ring (bicyclic) bond motifs is 3. The zero-order valence-electron chi connectivity index (χ0n) is 31.0. The van der Waals surface area contributed by atoms with Crippen molar-refractivity contribution in [2.45, 2.75) is 5.92 Å². The molecule has 0 bridgehead atoms. The van der Waals surface area contributed by atoms with Gasteiger partial charge in [0.15, 0.2) is 0 Å². The summed E-state index contributed by atoms with van der Waals surface area (Å²) in [5, 5.41) is 2.74. The number of carbonyl (C=O) groups excluding carboxylic acids is 3. The number of imide groups is 1. The Morgan fingerprint density at radius 1 is 0.500 bits per heavy atom. The van der Waals surface area contributed by atoms with Crippen molar-refractivity contribution in [1.29, 1.82) is 0 Å². The fraction of sp³-hybridized carbons (Fsp3) is 0.564. The highest BCUT2D eigenvalue weighted by molar-refractivity contribution is 6.12. The van der Waals surface area contributed by atoms with Crippen molar-refractivity contribution in [3.63, 3.8) is 0 Å². The Hall–Kier alpha value is -3.77. The van der Waals surface area contributed by atoms with Crippen LogP contribution in [0.5, 0.6) is 0 Å². The van der Waals surface area contributed by atoms with Gasteiger partial charge in [-0.2, -0.15) is 0 Å². The van der Waals surface area contributed by atoms with Gasteiger partial charge in [-0.25, -0.2) is 4.79 Å². The molecule has 0 aromatic heterocycles. The Morgan fingerprint density at radius 2 is 0.852 bits per heavy atom. The van der Waals surface area contributed by atoms with E-state index in [1.807, 2.05) is 24.3 Å². The predicted molar refractivity (Wildman–Crippen MR) is 196 cm³/mol. The number of carbonyl (C=O) groups is 3. The number of amides is 3. The maximum Gasteiger partial charge on any atom is 0.407 e. The number of benzene rings is 2. The molecule has 54 heavy (non-hydrogen) atoms. The number of alkyl carbamates (subject to hydrolysis) is 1. The van der Waals surface area contributed by atoms with Crippen molar-refractivity contribution in [2.75, 3.05) is 139 Å². The van der Waals surface area contributed by atoms with Gasteiger partial charge in [0, 0.05) is 24.6 Å². The molecule has 15 nitrogen and oxygen atoms in total. The highest BCUT2D eigenvalue weighted by atomic mass is 16.6. The van der Waals surface area contributed by atoms with Crippen LogP contribution in [0.1, 0.15) is 17.0 Å². The molecule has 0 unspecified atom stereocenters. The van der Waals surface area contributed by atoms with Crippen molar-refractivity contribution in [2.24, 2.45) is 0 Å². The largest absolute Gasteiger partial charge is 0.449 e. The van der Waals surface area contributed by atoms with Gasteiger partial charge in [-0.05, 0) is 22.3 Å². The van der Waals surface area contributed by atoms with Crippen LogP contribution >= 0.6 is 0 Å². The van der Waals surface area contributed by atoms with Gasteiger partial charge in [-0.3, -0.25) is 14.5 Å². The summed E-state index contributed by atoms with van der Waals surface area (Å²) < 4.78 is 54.7. The van der Waals surface area contributed by atoms with Gasteiger partial charge < -0.3 is 52.7 Å². The second-order valence-electron chi connectivity index (χ2n) is 11.9. The van der Waals surface area contributed by atoms with Crippen molar-refractivity contribution in [1.82, 2.24) is 10.2 Å². The van der Waals surface area contributed by atoms with Crippen molar-refractivity contribution in [3.05, 3.63) is 71.8 Å². The minimum absolute atomic E-state index is 0.0312. The van der Waals surface area contributed by atoms with E-state index >= 15 is 0 Å². The van der Waals surface area contributed by atoms with Crippen LogP contribution in [0.2, 0.25) is 0 Å². The standard InChI is InChI=1S/C39H54N2O13/c42-37-9-10-38(43)41(37)12-14-46-16-18-48-20-22-50-24-26-52-28-30-53-29-27-51-25-23-49-21-19-47-17-15-45-13-11-40-39(44)54-31-36-34-7-3-1-5-32(34)33-6-2-4-8-35(33)36/h1-10,36H,11-31H2,(H,40,44). The monoisotopic (exact) mass is 758 g/mol. The normalized spacial score (nSPS) is 13.5. The SMILES string of the molecule is O=C(NCCOCCOCCOCCOCCOCCOCCOCCOCCOCCN1C(=O)C=CC1=O)OCC1c2ccccc2-c2ccccc21. The van der Waals surface area contributed by atoms with E-state index in [4.69, 9.17) is 47.4 Å². The van der Waals surface area contributed by atoms with E-state index < -0.39 is 6.09 Å². The molecule has 0 fully saturated rings. The first-order valence-electron chi connectivity index (χ1n) is 18.5. The summed E-state index contributed by atoms with van der Waals surface area (Å²) in [6.45, 7) is 8.63. The maximum atomic E-state index is 12.2. The topological polar surface area (TPSA) is 159 Å². The Balaban J connectivity index is 0.796. The van der Waals surface area contributed by atoms with Crippen molar-refractivity contribution >= 4 is 17.9 Å². The van der Waals surface area contributed by atoms with Gasteiger partial charge in [-0.1, -0.05) is 48.5 Å². The molecule has 1 heterocycles. The van der Waals surface area contributed by atoms with Gasteiger partial charge in [0.25, 0.3) is 11.8 Å². The lowest BCUT2D eigenvalue weighted by atomic mass is 9.98. The molecule has 0 radical (unpaired) electrons. The first-order chi connectivity index (χ1) is 26.6. The van der Waals surface area contributed by atoms with Crippen molar-refractivity contribution in [3.8, 4) is 11.1 Å². The van der Waals surface area contributed by atoms with Crippen LogP contribution in [-0.2, 0) is 57.0 Å². The summed E-state index contributed by atoms with van der Waals surface area (Å²) in [7, 11) is 0. The molecule has 0 atom stereocenters. The third kappa shape index (κ3) is 16.3. The first-order valence-corrected chi connectivity index (χ1v) is 18.5. The highest BCUT2D eigenvalue weighted by Gasteiger charge is 2.29. The van der Waals surface area contributed by atoms with Gasteiger partial charge >= 0.3 is 6.09 Å². The molecule has 1 aliphatic carbocycles. The van der Waals surface area contributed by atoms with Crippen LogP contribution in [-0.4, -0.2) is 161 Å². The smallest absolute Gasteiger partial charge is 0.407 e. The first kappa shape index (κ1) is 43.0. The van der Waals surface area contributed by atoms with E-state index in [-0.39, 0.29) is 37.5 Å². The third-order valence-corrected chi connectivity index (χ3v) is 8.20. The molecule has 1 aliphatic heterocycles. The van der Waals surface area contributed by atoms with Crippen LogP contribution in [0.15, 0.2) is 60.7 Å². The molecule has 1 N–H and O–H groups in total. The molecular weight excluding hydrogens is 704 g/mol. The Kier molecular flexibility index (Phi) is 21.4. The molecule has 4 rings (SSSR count). The Labute approximate surface area is 317 Å². The van der Waals surface area contributed by atoms with Crippen molar-refractivity contribution < 1.29 is 61.8 Å². The molecule has 2 aliphatic rings. The molecule has 298 valence electrons. The molecular formula is C39H54N2O13. The molecule has 3 amide bonds. The number of hydrogen-bond acceptors (Lipinski definition) is 13. The third-order valence-electron chi connectivity index (χ3n) is 8.20. The van der Waals surface area contributed by atoms with E-state index in [0.29, 0.717) is 119 Å². The quantitative estimate of drug-likeness (QED) is 0.0859. The van der Waals surface area contributed by atoms with E-state index in [0.717, 1.165) is 4.90 Å². The van der Waals surface area contributed by atoms with Crippen LogP contribution in [0.25, 0.3) is 11.1 Å². The second-order valence-corrected chi connectivity index (χ2v) is 11.9. The minimum Gasteiger partial charge on any atom is -0.449 e. The average Bonchev–Trinajstić information content (AvgIpc) is 3.69. The highest BCUT2D eigenvalue weighted by Crippen LogP contribution is 2.44. The molecule has 2 aromatic rings. The molecule has 0 spiro atoms. The fourth-order valence-corrected chi connectivity index (χ4v) is 5.54. The van der Waals surface area contributed by atoms with Gasteiger partial charge in [0.2, 0.25) is 0 Å². The Morgan fingerprint density at radius 3 is 1.26 bits per heavy atom. The zero-order valence-corrected chi connectivity index (χ0v) is 31.0. The van der Waals surface area contributed by atoms with Gasteiger partial charge in [0.1, 0.15) is 6.61 Å². The maximum absolute atomic E-state index is 12.2. The number of rotatable bonds is 32. The van der Waals surface area contributed by atoms with Gasteiger partial charge in [-0.15, -0.1) is 0 Å².